The average Bonchev–Trinajstić information content (AvgIpc) is 3.23. The molecule has 2 aromatic carbocycles. The second-order valence-electron chi connectivity index (χ2n) is 5.73. The summed E-state index contributed by atoms with van der Waals surface area (Å²) < 4.78 is 7.19. The smallest absolute Gasteiger partial charge is 0.191 e. The van der Waals surface area contributed by atoms with E-state index in [-0.39, 0.29) is 0 Å². The van der Waals surface area contributed by atoms with Gasteiger partial charge < -0.3 is 19.9 Å². The molecular formula is C20H23N5O. The molecular weight excluding hydrogens is 326 g/mol. The van der Waals surface area contributed by atoms with Crippen LogP contribution in [0, 0.1) is 0 Å². The summed E-state index contributed by atoms with van der Waals surface area (Å²) in [6.45, 7) is 1.35. The molecule has 134 valence electrons. The molecule has 6 nitrogen and oxygen atoms in total. The zero-order valence-electron chi connectivity index (χ0n) is 15.0. The van der Waals surface area contributed by atoms with Crippen LogP contribution in [0.3, 0.4) is 0 Å². The second kappa shape index (κ2) is 8.71. The summed E-state index contributed by atoms with van der Waals surface area (Å²) in [6, 6.07) is 16.2. The van der Waals surface area contributed by atoms with Gasteiger partial charge in [-0.25, -0.2) is 4.98 Å². The van der Waals surface area contributed by atoms with E-state index < -0.39 is 0 Å². The van der Waals surface area contributed by atoms with Crippen LogP contribution in [0.25, 0.3) is 5.69 Å². The van der Waals surface area contributed by atoms with Gasteiger partial charge in [-0.1, -0.05) is 30.3 Å². The van der Waals surface area contributed by atoms with E-state index >= 15 is 0 Å². The fourth-order valence-electron chi connectivity index (χ4n) is 2.64. The number of rotatable bonds is 6. The van der Waals surface area contributed by atoms with Gasteiger partial charge in [0, 0.05) is 32.5 Å². The van der Waals surface area contributed by atoms with Gasteiger partial charge in [-0.2, -0.15) is 0 Å². The number of imidazole rings is 1. The molecule has 6 heteroatoms. The number of para-hydroxylation sites is 1. The van der Waals surface area contributed by atoms with Crippen LogP contribution in [0.2, 0.25) is 0 Å². The zero-order valence-corrected chi connectivity index (χ0v) is 15.0. The van der Waals surface area contributed by atoms with Crippen molar-refractivity contribution in [2.24, 2.45) is 4.99 Å². The first kappa shape index (κ1) is 17.5. The molecule has 0 aliphatic heterocycles. The van der Waals surface area contributed by atoms with Gasteiger partial charge in [-0.3, -0.25) is 4.99 Å². The molecule has 0 saturated heterocycles. The van der Waals surface area contributed by atoms with Crippen molar-refractivity contribution in [2.45, 2.75) is 13.1 Å². The minimum atomic E-state index is 0.663. The number of hydrogen-bond acceptors (Lipinski definition) is 3. The summed E-state index contributed by atoms with van der Waals surface area (Å²) in [6.07, 6.45) is 5.52. The Kier molecular flexibility index (Phi) is 5.88. The lowest BCUT2D eigenvalue weighted by Crippen LogP contribution is -2.36. The highest BCUT2D eigenvalue weighted by molar-refractivity contribution is 5.79. The number of hydrogen-bond donors (Lipinski definition) is 2. The average molecular weight is 349 g/mol. The largest absolute Gasteiger partial charge is 0.497 e. The van der Waals surface area contributed by atoms with Crippen LogP contribution in [0.1, 0.15) is 11.1 Å². The molecule has 1 heterocycles. The van der Waals surface area contributed by atoms with Gasteiger partial charge in [0.25, 0.3) is 0 Å². The van der Waals surface area contributed by atoms with E-state index in [1.165, 1.54) is 0 Å². The maximum atomic E-state index is 5.18. The Bertz CT molecular complexity index is 841. The third kappa shape index (κ3) is 4.42. The first-order chi connectivity index (χ1) is 12.8. The molecule has 0 unspecified atom stereocenters. The van der Waals surface area contributed by atoms with Crippen molar-refractivity contribution < 1.29 is 4.74 Å². The van der Waals surface area contributed by atoms with Crippen LogP contribution < -0.4 is 15.4 Å². The van der Waals surface area contributed by atoms with Gasteiger partial charge in [0.1, 0.15) is 5.75 Å². The SMILES string of the molecule is CN=C(NCc1ccc(OC)cc1)NCc1ccccc1-n1ccnc1. The minimum absolute atomic E-state index is 0.663. The van der Waals surface area contributed by atoms with Crippen LogP contribution >= 0.6 is 0 Å². The molecule has 3 aromatic rings. The van der Waals surface area contributed by atoms with Crippen molar-refractivity contribution in [2.75, 3.05) is 14.2 Å². The monoisotopic (exact) mass is 349 g/mol. The number of guanidine groups is 1. The van der Waals surface area contributed by atoms with Crippen LogP contribution in [-0.2, 0) is 13.1 Å². The molecule has 1 aromatic heterocycles. The van der Waals surface area contributed by atoms with Crippen molar-refractivity contribution in [1.82, 2.24) is 20.2 Å². The maximum absolute atomic E-state index is 5.18. The summed E-state index contributed by atoms with van der Waals surface area (Å²) in [5.74, 6) is 1.61. The summed E-state index contributed by atoms with van der Waals surface area (Å²) in [4.78, 5) is 8.42. The van der Waals surface area contributed by atoms with Crippen molar-refractivity contribution in [1.29, 1.82) is 0 Å². The molecule has 0 spiro atoms. The molecule has 0 aliphatic carbocycles. The number of ether oxygens (including phenoxy) is 1. The minimum Gasteiger partial charge on any atom is -0.497 e. The number of methoxy groups -OCH3 is 1. The fourth-order valence-corrected chi connectivity index (χ4v) is 2.64. The second-order valence-corrected chi connectivity index (χ2v) is 5.73. The highest BCUT2D eigenvalue weighted by atomic mass is 16.5. The first-order valence-electron chi connectivity index (χ1n) is 8.44. The Morgan fingerprint density at radius 1 is 1.08 bits per heavy atom. The Balaban J connectivity index is 1.59. The number of nitrogens with one attached hydrogen (secondary N) is 2. The van der Waals surface area contributed by atoms with Crippen LogP contribution in [0.4, 0.5) is 0 Å². The Morgan fingerprint density at radius 2 is 1.85 bits per heavy atom. The van der Waals surface area contributed by atoms with E-state index in [0.717, 1.165) is 28.5 Å². The van der Waals surface area contributed by atoms with Gasteiger partial charge in [0.15, 0.2) is 5.96 Å². The predicted octanol–water partition coefficient (Wildman–Crippen LogP) is 2.75. The van der Waals surface area contributed by atoms with E-state index in [0.29, 0.717) is 13.1 Å². The van der Waals surface area contributed by atoms with Crippen LogP contribution in [-0.4, -0.2) is 29.7 Å². The Hall–Kier alpha value is -3.28. The van der Waals surface area contributed by atoms with E-state index in [9.17, 15) is 0 Å². The lowest BCUT2D eigenvalue weighted by Gasteiger charge is -2.14. The first-order valence-corrected chi connectivity index (χ1v) is 8.44. The fraction of sp³-hybridized carbons (Fsp3) is 0.200. The third-order valence-electron chi connectivity index (χ3n) is 4.06. The summed E-state index contributed by atoms with van der Waals surface area (Å²) in [7, 11) is 3.44. The molecule has 0 bridgehead atoms. The molecule has 0 atom stereocenters. The molecule has 0 fully saturated rings. The van der Waals surface area contributed by atoms with Gasteiger partial charge >= 0.3 is 0 Å². The van der Waals surface area contributed by atoms with Crippen LogP contribution in [0.15, 0.2) is 72.2 Å². The molecule has 0 amide bonds. The van der Waals surface area contributed by atoms with Crippen LogP contribution in [0.5, 0.6) is 5.75 Å². The molecule has 3 rings (SSSR count). The normalized spacial score (nSPS) is 11.2. The predicted molar refractivity (Wildman–Crippen MR) is 104 cm³/mol. The Morgan fingerprint density at radius 3 is 2.54 bits per heavy atom. The highest BCUT2D eigenvalue weighted by Crippen LogP contribution is 2.14. The van der Waals surface area contributed by atoms with Gasteiger partial charge in [-0.15, -0.1) is 0 Å². The lowest BCUT2D eigenvalue weighted by molar-refractivity contribution is 0.414. The highest BCUT2D eigenvalue weighted by Gasteiger charge is 2.05. The quantitative estimate of drug-likeness (QED) is 0.531. The molecule has 0 aliphatic rings. The molecule has 26 heavy (non-hydrogen) atoms. The number of aromatic nitrogens is 2. The third-order valence-corrected chi connectivity index (χ3v) is 4.06. The van der Waals surface area contributed by atoms with Crippen molar-refractivity contribution in [3.8, 4) is 11.4 Å². The van der Waals surface area contributed by atoms with Crippen molar-refractivity contribution >= 4 is 5.96 Å². The van der Waals surface area contributed by atoms with E-state index in [1.54, 1.807) is 26.7 Å². The number of aliphatic imine (C=N–C) groups is 1. The maximum Gasteiger partial charge on any atom is 0.191 e. The van der Waals surface area contributed by atoms with E-state index in [4.69, 9.17) is 4.74 Å². The topological polar surface area (TPSA) is 63.5 Å². The number of nitrogens with zero attached hydrogens (tertiary/aromatic N) is 3. The van der Waals surface area contributed by atoms with E-state index in [1.807, 2.05) is 47.2 Å². The van der Waals surface area contributed by atoms with Gasteiger partial charge in [-0.05, 0) is 29.3 Å². The summed E-state index contributed by atoms with van der Waals surface area (Å²) >= 11 is 0. The van der Waals surface area contributed by atoms with Gasteiger partial charge in [0.2, 0.25) is 0 Å². The van der Waals surface area contributed by atoms with E-state index in [2.05, 4.69) is 32.7 Å². The molecule has 2 N–H and O–H groups in total. The van der Waals surface area contributed by atoms with Gasteiger partial charge in [0.05, 0.1) is 19.1 Å². The number of benzene rings is 2. The standard InChI is InChI=1S/C20H23N5O/c1-21-20(23-13-16-7-9-18(26-2)10-8-16)24-14-17-5-3-4-6-19(17)25-12-11-22-15-25/h3-12,15H,13-14H2,1-2H3,(H2,21,23,24). The molecule has 0 saturated carbocycles. The summed E-state index contributed by atoms with van der Waals surface area (Å²) in [5, 5.41) is 6.69. The zero-order chi connectivity index (χ0) is 18.2. The van der Waals surface area contributed by atoms with Crippen molar-refractivity contribution in [3.05, 3.63) is 78.4 Å². The van der Waals surface area contributed by atoms with Crippen molar-refractivity contribution in [3.63, 3.8) is 0 Å². The Labute approximate surface area is 153 Å². The lowest BCUT2D eigenvalue weighted by atomic mass is 10.1. The summed E-state index contributed by atoms with van der Waals surface area (Å²) in [5.41, 5.74) is 3.42. The molecule has 0 radical (unpaired) electrons.